The SMILES string of the molecule is Cc1ccccc1N(CCC(=O)O)Cc1ccncc1. The van der Waals surface area contributed by atoms with Gasteiger partial charge in [-0.05, 0) is 36.2 Å². The van der Waals surface area contributed by atoms with Crippen molar-refractivity contribution in [2.45, 2.75) is 19.9 Å². The van der Waals surface area contributed by atoms with Crippen LogP contribution in [0.2, 0.25) is 0 Å². The molecular weight excluding hydrogens is 252 g/mol. The topological polar surface area (TPSA) is 53.4 Å². The van der Waals surface area contributed by atoms with Crippen molar-refractivity contribution in [2.24, 2.45) is 0 Å². The summed E-state index contributed by atoms with van der Waals surface area (Å²) in [6.07, 6.45) is 3.63. The van der Waals surface area contributed by atoms with Gasteiger partial charge in [-0.3, -0.25) is 9.78 Å². The number of para-hydroxylation sites is 1. The molecule has 0 amide bonds. The average molecular weight is 270 g/mol. The zero-order valence-corrected chi connectivity index (χ0v) is 11.5. The summed E-state index contributed by atoms with van der Waals surface area (Å²) in [7, 11) is 0. The van der Waals surface area contributed by atoms with Gasteiger partial charge in [0.05, 0.1) is 6.42 Å². The molecule has 1 aromatic carbocycles. The first-order valence-corrected chi connectivity index (χ1v) is 6.58. The van der Waals surface area contributed by atoms with Crippen LogP contribution in [0.5, 0.6) is 0 Å². The van der Waals surface area contributed by atoms with Crippen molar-refractivity contribution in [3.05, 3.63) is 59.9 Å². The molecule has 0 spiro atoms. The van der Waals surface area contributed by atoms with Gasteiger partial charge >= 0.3 is 5.97 Å². The smallest absolute Gasteiger partial charge is 0.305 e. The zero-order chi connectivity index (χ0) is 14.4. The fourth-order valence-electron chi connectivity index (χ4n) is 2.14. The van der Waals surface area contributed by atoms with E-state index in [9.17, 15) is 4.79 Å². The van der Waals surface area contributed by atoms with Gasteiger partial charge in [0.15, 0.2) is 0 Å². The molecule has 4 nitrogen and oxygen atoms in total. The van der Waals surface area contributed by atoms with Crippen molar-refractivity contribution in [3.63, 3.8) is 0 Å². The van der Waals surface area contributed by atoms with Gasteiger partial charge in [-0.15, -0.1) is 0 Å². The summed E-state index contributed by atoms with van der Waals surface area (Å²) in [5, 5.41) is 8.91. The van der Waals surface area contributed by atoms with Crippen LogP contribution >= 0.6 is 0 Å². The van der Waals surface area contributed by atoms with E-state index < -0.39 is 5.97 Å². The fraction of sp³-hybridized carbons (Fsp3) is 0.250. The van der Waals surface area contributed by atoms with Crippen LogP contribution in [0.15, 0.2) is 48.8 Å². The number of pyridine rings is 1. The number of nitrogens with zero attached hydrogens (tertiary/aromatic N) is 2. The van der Waals surface area contributed by atoms with E-state index in [1.54, 1.807) is 12.4 Å². The average Bonchev–Trinajstić information content (AvgIpc) is 2.45. The van der Waals surface area contributed by atoms with Gasteiger partial charge in [0.25, 0.3) is 0 Å². The van der Waals surface area contributed by atoms with Gasteiger partial charge in [0.2, 0.25) is 0 Å². The predicted octanol–water partition coefficient (Wildman–Crippen LogP) is 2.87. The highest BCUT2D eigenvalue weighted by Crippen LogP contribution is 2.21. The molecule has 0 aliphatic carbocycles. The quantitative estimate of drug-likeness (QED) is 0.877. The normalized spacial score (nSPS) is 10.2. The molecule has 4 heteroatoms. The van der Waals surface area contributed by atoms with Gasteiger partial charge in [-0.1, -0.05) is 18.2 Å². The Labute approximate surface area is 118 Å². The number of aromatic nitrogens is 1. The number of carboxylic acid groups (broad SMARTS) is 1. The molecule has 20 heavy (non-hydrogen) atoms. The second-order valence-corrected chi connectivity index (χ2v) is 4.71. The molecule has 0 saturated heterocycles. The third kappa shape index (κ3) is 3.82. The highest BCUT2D eigenvalue weighted by atomic mass is 16.4. The van der Waals surface area contributed by atoms with Crippen molar-refractivity contribution >= 4 is 11.7 Å². The lowest BCUT2D eigenvalue weighted by atomic mass is 10.1. The van der Waals surface area contributed by atoms with Crippen LogP contribution in [0.1, 0.15) is 17.5 Å². The van der Waals surface area contributed by atoms with Crippen LogP contribution < -0.4 is 4.90 Å². The molecule has 0 atom stereocenters. The Hall–Kier alpha value is -2.36. The lowest BCUT2D eigenvalue weighted by Gasteiger charge is -2.26. The third-order valence-corrected chi connectivity index (χ3v) is 3.17. The van der Waals surface area contributed by atoms with Crippen LogP contribution in [-0.2, 0) is 11.3 Å². The highest BCUT2D eigenvalue weighted by Gasteiger charge is 2.11. The lowest BCUT2D eigenvalue weighted by molar-refractivity contribution is -0.136. The van der Waals surface area contributed by atoms with E-state index >= 15 is 0 Å². The largest absolute Gasteiger partial charge is 0.481 e. The fourth-order valence-corrected chi connectivity index (χ4v) is 2.14. The minimum Gasteiger partial charge on any atom is -0.481 e. The van der Waals surface area contributed by atoms with Gasteiger partial charge in [0, 0.05) is 31.2 Å². The van der Waals surface area contributed by atoms with Gasteiger partial charge in [-0.2, -0.15) is 0 Å². The minimum absolute atomic E-state index is 0.124. The van der Waals surface area contributed by atoms with E-state index in [-0.39, 0.29) is 6.42 Å². The second kappa shape index (κ2) is 6.70. The number of carbonyl (C=O) groups is 1. The van der Waals surface area contributed by atoms with Crippen LogP contribution in [-0.4, -0.2) is 22.6 Å². The summed E-state index contributed by atoms with van der Waals surface area (Å²) in [5.41, 5.74) is 3.34. The summed E-state index contributed by atoms with van der Waals surface area (Å²) < 4.78 is 0. The molecule has 1 heterocycles. The maximum absolute atomic E-state index is 10.8. The molecule has 0 saturated carbocycles. The van der Waals surface area contributed by atoms with Crippen molar-refractivity contribution in [3.8, 4) is 0 Å². The first-order valence-electron chi connectivity index (χ1n) is 6.58. The van der Waals surface area contributed by atoms with Gasteiger partial charge < -0.3 is 10.0 Å². The molecule has 0 fully saturated rings. The van der Waals surface area contributed by atoms with Crippen molar-refractivity contribution < 1.29 is 9.90 Å². The number of anilines is 1. The Balaban J connectivity index is 2.20. The number of rotatable bonds is 6. The third-order valence-electron chi connectivity index (χ3n) is 3.17. The Morgan fingerprint density at radius 3 is 2.55 bits per heavy atom. The number of hydrogen-bond donors (Lipinski definition) is 1. The first-order chi connectivity index (χ1) is 9.66. The number of aliphatic carboxylic acids is 1. The van der Waals surface area contributed by atoms with Crippen LogP contribution in [0.4, 0.5) is 5.69 Å². The minimum atomic E-state index is -0.779. The summed E-state index contributed by atoms with van der Waals surface area (Å²) in [6, 6.07) is 11.9. The monoisotopic (exact) mass is 270 g/mol. The van der Waals surface area contributed by atoms with Gasteiger partial charge in [0.1, 0.15) is 0 Å². The summed E-state index contributed by atoms with van der Waals surface area (Å²) in [6.45, 7) is 3.21. The molecule has 1 N–H and O–H groups in total. The summed E-state index contributed by atoms with van der Waals surface area (Å²) >= 11 is 0. The standard InChI is InChI=1S/C16H18N2O2/c1-13-4-2-3-5-15(13)18(11-8-16(19)20)12-14-6-9-17-10-7-14/h2-7,9-10H,8,11-12H2,1H3,(H,19,20). The Kier molecular flexibility index (Phi) is 4.71. The number of hydrogen-bond acceptors (Lipinski definition) is 3. The molecule has 0 unspecified atom stereocenters. The van der Waals surface area contributed by atoms with E-state index in [0.29, 0.717) is 13.1 Å². The molecular formula is C16H18N2O2. The highest BCUT2D eigenvalue weighted by molar-refractivity contribution is 5.68. The summed E-state index contributed by atoms with van der Waals surface area (Å²) in [5.74, 6) is -0.779. The van der Waals surface area contributed by atoms with E-state index in [0.717, 1.165) is 16.8 Å². The molecule has 0 bridgehead atoms. The number of carboxylic acids is 1. The Morgan fingerprint density at radius 2 is 1.90 bits per heavy atom. The van der Waals surface area contributed by atoms with Crippen LogP contribution in [0, 0.1) is 6.92 Å². The predicted molar refractivity (Wildman–Crippen MR) is 78.7 cm³/mol. The van der Waals surface area contributed by atoms with E-state index in [1.807, 2.05) is 43.3 Å². The van der Waals surface area contributed by atoms with Crippen LogP contribution in [0.25, 0.3) is 0 Å². The molecule has 0 radical (unpaired) electrons. The molecule has 2 rings (SSSR count). The van der Waals surface area contributed by atoms with E-state index in [4.69, 9.17) is 5.11 Å². The molecule has 0 aliphatic rings. The van der Waals surface area contributed by atoms with E-state index in [1.165, 1.54) is 0 Å². The number of aryl methyl sites for hydroxylation is 1. The molecule has 104 valence electrons. The maximum Gasteiger partial charge on any atom is 0.305 e. The molecule has 0 aliphatic heterocycles. The second-order valence-electron chi connectivity index (χ2n) is 4.71. The Morgan fingerprint density at radius 1 is 1.20 bits per heavy atom. The maximum atomic E-state index is 10.8. The van der Waals surface area contributed by atoms with Crippen molar-refractivity contribution in [1.29, 1.82) is 0 Å². The van der Waals surface area contributed by atoms with Gasteiger partial charge in [-0.25, -0.2) is 0 Å². The summed E-state index contributed by atoms with van der Waals surface area (Å²) in [4.78, 5) is 16.9. The molecule has 1 aromatic heterocycles. The number of benzene rings is 1. The van der Waals surface area contributed by atoms with Crippen molar-refractivity contribution in [1.82, 2.24) is 4.98 Å². The van der Waals surface area contributed by atoms with Crippen molar-refractivity contribution in [2.75, 3.05) is 11.4 Å². The Bertz CT molecular complexity index is 570. The van der Waals surface area contributed by atoms with Crippen LogP contribution in [0.3, 0.4) is 0 Å². The zero-order valence-electron chi connectivity index (χ0n) is 11.5. The van der Waals surface area contributed by atoms with E-state index in [2.05, 4.69) is 9.88 Å². The lowest BCUT2D eigenvalue weighted by Crippen LogP contribution is -2.26. The molecule has 2 aromatic rings. The first kappa shape index (κ1) is 14.1.